The first-order valence-electron chi connectivity index (χ1n) is 10.1. The summed E-state index contributed by atoms with van der Waals surface area (Å²) in [5.41, 5.74) is 16.0. The van der Waals surface area contributed by atoms with Crippen LogP contribution in [-0.4, -0.2) is 87.6 Å². The molecule has 0 saturated heterocycles. The Morgan fingerprint density at radius 2 is 1.41 bits per heavy atom. The molecule has 16 nitrogen and oxygen atoms in total. The Balaban J connectivity index is 5.24. The summed E-state index contributed by atoms with van der Waals surface area (Å²) in [6, 6.07) is -5.42. The van der Waals surface area contributed by atoms with Gasteiger partial charge >= 0.3 is 17.9 Å². The molecule has 0 fully saturated rings. The van der Waals surface area contributed by atoms with E-state index in [1.807, 2.05) is 5.32 Å². The number of nitrogens with two attached hydrogens (primary N) is 3. The summed E-state index contributed by atoms with van der Waals surface area (Å²) < 4.78 is 0. The van der Waals surface area contributed by atoms with E-state index in [1.54, 1.807) is 0 Å². The van der Waals surface area contributed by atoms with Crippen molar-refractivity contribution >= 4 is 41.6 Å². The van der Waals surface area contributed by atoms with Gasteiger partial charge < -0.3 is 48.5 Å². The molecule has 0 rings (SSSR count). The molecule has 16 heteroatoms. The third-order valence-electron chi connectivity index (χ3n) is 4.33. The van der Waals surface area contributed by atoms with E-state index in [2.05, 4.69) is 15.6 Å². The van der Waals surface area contributed by atoms with Crippen molar-refractivity contribution in [3.05, 3.63) is 0 Å². The van der Waals surface area contributed by atoms with Crippen molar-refractivity contribution in [2.75, 3.05) is 6.54 Å². The van der Waals surface area contributed by atoms with E-state index in [0.29, 0.717) is 0 Å². The molecule has 0 spiro atoms. The maximum absolute atomic E-state index is 12.6. The molecule has 0 heterocycles. The number of aliphatic carboxylic acids is 3. The summed E-state index contributed by atoms with van der Waals surface area (Å²) in [6.45, 7) is 1.38. The number of nitrogens with one attached hydrogen (secondary N) is 3. The molecule has 4 unspecified atom stereocenters. The van der Waals surface area contributed by atoms with Crippen LogP contribution in [0, 0.1) is 0 Å². The zero-order valence-corrected chi connectivity index (χ0v) is 18.5. The topological polar surface area (TPSA) is 290 Å². The molecular formula is C18H31N7O9. The molecule has 4 atom stereocenters. The predicted molar refractivity (Wildman–Crippen MR) is 116 cm³/mol. The maximum atomic E-state index is 12.6. The number of carbonyl (C=O) groups excluding carboxylic acids is 3. The Labute approximate surface area is 194 Å². The predicted octanol–water partition coefficient (Wildman–Crippen LogP) is -3.73. The van der Waals surface area contributed by atoms with Crippen LogP contribution < -0.4 is 33.2 Å². The summed E-state index contributed by atoms with van der Waals surface area (Å²) >= 11 is 0. The molecule has 0 bridgehead atoms. The Kier molecular flexibility index (Phi) is 13.2. The number of rotatable bonds is 16. The second kappa shape index (κ2) is 15.0. The Bertz CT molecular complexity index is 799. The number of hydrogen-bond acceptors (Lipinski definition) is 8. The fourth-order valence-corrected chi connectivity index (χ4v) is 2.51. The number of nitrogens with zero attached hydrogens (tertiary/aromatic N) is 1. The molecule has 0 saturated carbocycles. The van der Waals surface area contributed by atoms with Crippen LogP contribution in [0.5, 0.6) is 0 Å². The average molecular weight is 489 g/mol. The van der Waals surface area contributed by atoms with E-state index in [0.717, 1.165) is 0 Å². The lowest BCUT2D eigenvalue weighted by Gasteiger charge is -2.23. The number of carboxylic acids is 3. The lowest BCUT2D eigenvalue weighted by Crippen LogP contribution is -2.56. The van der Waals surface area contributed by atoms with Crippen LogP contribution in [0.2, 0.25) is 0 Å². The Morgan fingerprint density at radius 3 is 1.91 bits per heavy atom. The van der Waals surface area contributed by atoms with Gasteiger partial charge in [-0.3, -0.25) is 29.0 Å². The first-order chi connectivity index (χ1) is 15.7. The van der Waals surface area contributed by atoms with Gasteiger partial charge in [0.1, 0.15) is 18.1 Å². The Morgan fingerprint density at radius 1 is 0.824 bits per heavy atom. The van der Waals surface area contributed by atoms with Gasteiger partial charge in [0.15, 0.2) is 5.96 Å². The first kappa shape index (κ1) is 30.1. The monoisotopic (exact) mass is 489 g/mol. The van der Waals surface area contributed by atoms with E-state index in [1.165, 1.54) is 6.92 Å². The summed E-state index contributed by atoms with van der Waals surface area (Å²) in [4.78, 5) is 73.5. The minimum Gasteiger partial charge on any atom is -0.481 e. The standard InChI is InChI=1S/C18H31N7O9/c1-8(23-15(31)9(19)4-5-12(26)27)14(30)24-10(3-2-6-22-18(20)21)16(32)25-11(17(33)34)7-13(28)29/h8-11H,2-7,19H2,1H3,(H,23,31)(H,24,30)(H,25,32)(H,26,27)(H,28,29)(H,33,34)(H4,20,21,22). The van der Waals surface area contributed by atoms with E-state index in [4.69, 9.17) is 32.5 Å². The number of aliphatic imine (C=N–C) groups is 1. The molecule has 0 radical (unpaired) electrons. The van der Waals surface area contributed by atoms with Crippen molar-refractivity contribution in [2.45, 2.75) is 63.2 Å². The largest absolute Gasteiger partial charge is 0.481 e. The smallest absolute Gasteiger partial charge is 0.326 e. The van der Waals surface area contributed by atoms with Crippen LogP contribution in [-0.2, 0) is 28.8 Å². The fourth-order valence-electron chi connectivity index (χ4n) is 2.51. The molecule has 192 valence electrons. The lowest BCUT2D eigenvalue weighted by molar-refractivity contribution is -0.147. The second-order valence-corrected chi connectivity index (χ2v) is 7.28. The highest BCUT2D eigenvalue weighted by molar-refractivity contribution is 5.94. The van der Waals surface area contributed by atoms with Gasteiger partial charge in [0.2, 0.25) is 17.7 Å². The van der Waals surface area contributed by atoms with Crippen molar-refractivity contribution in [1.82, 2.24) is 16.0 Å². The normalized spacial score (nSPS) is 13.9. The summed E-state index contributed by atoms with van der Waals surface area (Å²) in [7, 11) is 0. The molecule has 12 N–H and O–H groups in total. The van der Waals surface area contributed by atoms with E-state index in [9.17, 15) is 28.8 Å². The summed E-state index contributed by atoms with van der Waals surface area (Å²) in [5.74, 6) is -6.98. The molecule has 34 heavy (non-hydrogen) atoms. The summed E-state index contributed by atoms with van der Waals surface area (Å²) in [6.07, 6.45) is -1.27. The third kappa shape index (κ3) is 12.8. The van der Waals surface area contributed by atoms with Crippen LogP contribution in [0.15, 0.2) is 4.99 Å². The molecule has 0 aliphatic carbocycles. The quantitative estimate of drug-likeness (QED) is 0.0574. The van der Waals surface area contributed by atoms with Gasteiger partial charge in [0.05, 0.1) is 12.5 Å². The highest BCUT2D eigenvalue weighted by Crippen LogP contribution is 2.03. The van der Waals surface area contributed by atoms with Crippen molar-refractivity contribution in [1.29, 1.82) is 0 Å². The van der Waals surface area contributed by atoms with E-state index >= 15 is 0 Å². The van der Waals surface area contributed by atoms with Gasteiger partial charge in [-0.25, -0.2) is 4.79 Å². The van der Waals surface area contributed by atoms with Gasteiger partial charge in [-0.1, -0.05) is 0 Å². The average Bonchev–Trinajstić information content (AvgIpc) is 2.72. The number of amides is 3. The molecule has 3 amide bonds. The van der Waals surface area contributed by atoms with Gasteiger partial charge in [0.25, 0.3) is 0 Å². The van der Waals surface area contributed by atoms with Crippen LogP contribution in [0.1, 0.15) is 39.0 Å². The minimum absolute atomic E-state index is 0.0491. The van der Waals surface area contributed by atoms with Crippen molar-refractivity contribution in [3.63, 3.8) is 0 Å². The number of carboxylic acid groups (broad SMARTS) is 3. The maximum Gasteiger partial charge on any atom is 0.326 e. The van der Waals surface area contributed by atoms with Gasteiger partial charge in [-0.15, -0.1) is 0 Å². The zero-order chi connectivity index (χ0) is 26.4. The SMILES string of the molecule is CC(NC(=O)C(N)CCC(=O)O)C(=O)NC(CCCN=C(N)N)C(=O)NC(CC(=O)O)C(=O)O. The molecule has 0 aliphatic rings. The van der Waals surface area contributed by atoms with Crippen molar-refractivity contribution < 1.29 is 44.1 Å². The lowest BCUT2D eigenvalue weighted by atomic mass is 10.1. The molecule has 0 aliphatic heterocycles. The molecule has 0 aromatic heterocycles. The van der Waals surface area contributed by atoms with Crippen LogP contribution in [0.3, 0.4) is 0 Å². The second-order valence-electron chi connectivity index (χ2n) is 7.28. The zero-order valence-electron chi connectivity index (χ0n) is 18.5. The van der Waals surface area contributed by atoms with Crippen LogP contribution in [0.25, 0.3) is 0 Å². The van der Waals surface area contributed by atoms with E-state index < -0.39 is 66.2 Å². The molecule has 0 aromatic rings. The minimum atomic E-state index is -1.74. The van der Waals surface area contributed by atoms with Crippen molar-refractivity contribution in [2.24, 2.45) is 22.2 Å². The number of hydrogen-bond donors (Lipinski definition) is 9. The van der Waals surface area contributed by atoms with Gasteiger partial charge in [-0.05, 0) is 26.2 Å². The fraction of sp³-hybridized carbons (Fsp3) is 0.611. The summed E-state index contributed by atoms with van der Waals surface area (Å²) in [5, 5.41) is 33.3. The first-order valence-corrected chi connectivity index (χ1v) is 10.1. The van der Waals surface area contributed by atoms with Gasteiger partial charge in [0, 0.05) is 13.0 Å². The highest BCUT2D eigenvalue weighted by Gasteiger charge is 2.29. The van der Waals surface area contributed by atoms with Crippen LogP contribution >= 0.6 is 0 Å². The molecular weight excluding hydrogens is 458 g/mol. The van der Waals surface area contributed by atoms with Gasteiger partial charge in [-0.2, -0.15) is 0 Å². The molecule has 0 aromatic carbocycles. The number of carbonyl (C=O) groups is 6. The highest BCUT2D eigenvalue weighted by atomic mass is 16.4. The van der Waals surface area contributed by atoms with E-state index in [-0.39, 0.29) is 38.2 Å². The third-order valence-corrected chi connectivity index (χ3v) is 4.33. The Hall–Kier alpha value is -3.95. The van der Waals surface area contributed by atoms with Crippen molar-refractivity contribution in [3.8, 4) is 0 Å². The number of guanidine groups is 1. The van der Waals surface area contributed by atoms with Crippen LogP contribution in [0.4, 0.5) is 0 Å².